The zero-order chi connectivity index (χ0) is 16.1. The van der Waals surface area contributed by atoms with Gasteiger partial charge in [-0.25, -0.2) is 0 Å². The number of fused-ring (bicyclic) bond motifs is 1. The van der Waals surface area contributed by atoms with Gasteiger partial charge in [-0.05, 0) is 31.3 Å². The van der Waals surface area contributed by atoms with Crippen LogP contribution in [0.3, 0.4) is 0 Å². The molecule has 1 atom stereocenters. The zero-order valence-corrected chi connectivity index (χ0v) is 13.6. The lowest BCUT2D eigenvalue weighted by Crippen LogP contribution is -2.43. The van der Waals surface area contributed by atoms with Gasteiger partial charge in [0.05, 0.1) is 5.70 Å². The molecule has 0 aliphatic carbocycles. The van der Waals surface area contributed by atoms with Crippen molar-refractivity contribution in [3.63, 3.8) is 0 Å². The zero-order valence-electron chi connectivity index (χ0n) is 13.6. The molecule has 0 fully saturated rings. The third-order valence-electron chi connectivity index (χ3n) is 4.45. The van der Waals surface area contributed by atoms with Crippen molar-refractivity contribution in [3.05, 3.63) is 77.5 Å². The summed E-state index contributed by atoms with van der Waals surface area (Å²) in [6, 6.07) is 19.3. The van der Waals surface area contributed by atoms with Crippen LogP contribution < -0.4 is 5.32 Å². The van der Waals surface area contributed by atoms with Crippen molar-refractivity contribution >= 4 is 12.4 Å². The number of benzene rings is 2. The molecule has 0 saturated carbocycles. The van der Waals surface area contributed by atoms with Crippen molar-refractivity contribution in [2.24, 2.45) is 4.99 Å². The first-order valence-corrected chi connectivity index (χ1v) is 8.00. The van der Waals surface area contributed by atoms with Gasteiger partial charge in [-0.3, -0.25) is 9.89 Å². The average molecular weight is 305 g/mol. The Morgan fingerprint density at radius 1 is 1.17 bits per heavy atom. The highest BCUT2D eigenvalue weighted by molar-refractivity contribution is 5.67. The summed E-state index contributed by atoms with van der Waals surface area (Å²) in [6.07, 6.45) is 3.05. The van der Waals surface area contributed by atoms with Crippen LogP contribution in [0.15, 0.2) is 65.8 Å². The highest BCUT2D eigenvalue weighted by atomic mass is 15.2. The van der Waals surface area contributed by atoms with Gasteiger partial charge < -0.3 is 5.32 Å². The maximum Gasteiger partial charge on any atom is 0.0851 e. The second-order valence-electron chi connectivity index (χ2n) is 6.00. The molecule has 1 aliphatic rings. The Hall–Kier alpha value is -2.39. The number of likely N-dealkylation sites (N-methyl/N-ethyl adjacent to an activating group) is 1. The molecule has 3 nitrogen and oxygen atoms in total. The Morgan fingerprint density at radius 2 is 1.87 bits per heavy atom. The second-order valence-corrected chi connectivity index (χ2v) is 6.00. The number of nitrogens with zero attached hydrogens (tertiary/aromatic N) is 2. The second kappa shape index (κ2) is 7.25. The molecule has 0 amide bonds. The van der Waals surface area contributed by atoms with Gasteiger partial charge in [-0.1, -0.05) is 54.6 Å². The van der Waals surface area contributed by atoms with E-state index in [0.717, 1.165) is 30.8 Å². The Morgan fingerprint density at radius 3 is 2.61 bits per heavy atom. The van der Waals surface area contributed by atoms with Crippen LogP contribution in [-0.4, -0.2) is 31.3 Å². The molecule has 3 heteroatoms. The van der Waals surface area contributed by atoms with E-state index in [-0.39, 0.29) is 0 Å². The summed E-state index contributed by atoms with van der Waals surface area (Å²) < 4.78 is 0. The molecular weight excluding hydrogens is 282 g/mol. The highest BCUT2D eigenvalue weighted by Crippen LogP contribution is 2.21. The lowest BCUT2D eigenvalue weighted by Gasteiger charge is -2.34. The summed E-state index contributed by atoms with van der Waals surface area (Å²) in [5.41, 5.74) is 4.87. The Balaban J connectivity index is 1.64. The Labute approximate surface area is 138 Å². The molecule has 0 saturated heterocycles. The lowest BCUT2D eigenvalue weighted by molar-refractivity contribution is 0.214. The third kappa shape index (κ3) is 3.69. The predicted molar refractivity (Wildman–Crippen MR) is 97.4 cm³/mol. The van der Waals surface area contributed by atoms with Crippen molar-refractivity contribution in [2.75, 3.05) is 13.6 Å². The van der Waals surface area contributed by atoms with Crippen LogP contribution in [0.5, 0.6) is 0 Å². The molecule has 0 aromatic heterocycles. The van der Waals surface area contributed by atoms with E-state index in [0.29, 0.717) is 6.04 Å². The van der Waals surface area contributed by atoms with Gasteiger partial charge >= 0.3 is 0 Å². The fourth-order valence-electron chi connectivity index (χ4n) is 3.07. The molecule has 23 heavy (non-hydrogen) atoms. The number of rotatable bonds is 5. The average Bonchev–Trinajstić information content (AvgIpc) is 2.60. The lowest BCUT2D eigenvalue weighted by atomic mass is 9.94. The third-order valence-corrected chi connectivity index (χ3v) is 4.45. The molecule has 2 aromatic rings. The van der Waals surface area contributed by atoms with Crippen LogP contribution in [0.2, 0.25) is 0 Å². The molecule has 118 valence electrons. The Kier molecular flexibility index (Phi) is 4.89. The summed E-state index contributed by atoms with van der Waals surface area (Å²) in [5.74, 6) is 0. The predicted octanol–water partition coefficient (Wildman–Crippen LogP) is 3.33. The topological polar surface area (TPSA) is 27.6 Å². The fourth-order valence-corrected chi connectivity index (χ4v) is 3.07. The molecule has 3 rings (SSSR count). The van der Waals surface area contributed by atoms with Crippen LogP contribution in [0.1, 0.15) is 16.7 Å². The summed E-state index contributed by atoms with van der Waals surface area (Å²) in [6.45, 7) is 5.59. The molecule has 1 aliphatic heterocycles. The van der Waals surface area contributed by atoms with Crippen LogP contribution in [0.4, 0.5) is 0 Å². The first-order chi connectivity index (χ1) is 11.3. The minimum absolute atomic E-state index is 0.489. The van der Waals surface area contributed by atoms with Gasteiger partial charge in [-0.2, -0.15) is 0 Å². The van der Waals surface area contributed by atoms with Crippen molar-refractivity contribution in [2.45, 2.75) is 19.0 Å². The first kappa shape index (κ1) is 15.5. The highest BCUT2D eigenvalue weighted by Gasteiger charge is 2.22. The molecule has 1 N–H and O–H groups in total. The van der Waals surface area contributed by atoms with E-state index < -0.39 is 0 Å². The van der Waals surface area contributed by atoms with Gasteiger partial charge in [0, 0.05) is 30.9 Å². The summed E-state index contributed by atoms with van der Waals surface area (Å²) in [4.78, 5) is 6.54. The normalized spacial score (nSPS) is 18.3. The van der Waals surface area contributed by atoms with Crippen LogP contribution >= 0.6 is 0 Å². The van der Waals surface area contributed by atoms with Crippen molar-refractivity contribution < 1.29 is 0 Å². The number of hydrogen-bond acceptors (Lipinski definition) is 3. The van der Waals surface area contributed by atoms with E-state index in [9.17, 15) is 0 Å². The van der Waals surface area contributed by atoms with Gasteiger partial charge in [0.25, 0.3) is 0 Å². The summed E-state index contributed by atoms with van der Waals surface area (Å²) in [5, 5.41) is 3.43. The SMILES string of the molecule is C=N/C(=C\NCC1Cc2ccccc2CN1C)c1ccccc1. The maximum absolute atomic E-state index is 4.13. The van der Waals surface area contributed by atoms with Crippen molar-refractivity contribution in [1.82, 2.24) is 10.2 Å². The monoisotopic (exact) mass is 305 g/mol. The van der Waals surface area contributed by atoms with Crippen molar-refractivity contribution in [3.8, 4) is 0 Å². The quantitative estimate of drug-likeness (QED) is 0.858. The van der Waals surface area contributed by atoms with E-state index in [1.165, 1.54) is 11.1 Å². The molecule has 0 radical (unpaired) electrons. The summed E-state index contributed by atoms with van der Waals surface area (Å²) >= 11 is 0. The fraction of sp³-hybridized carbons (Fsp3) is 0.250. The van der Waals surface area contributed by atoms with Gasteiger partial charge in [0.2, 0.25) is 0 Å². The Bertz CT molecular complexity index is 691. The van der Waals surface area contributed by atoms with E-state index in [1.807, 2.05) is 36.5 Å². The molecule has 1 unspecified atom stereocenters. The molecule has 2 aromatic carbocycles. The number of aliphatic imine (C=N–C) groups is 1. The minimum Gasteiger partial charge on any atom is -0.388 e. The largest absolute Gasteiger partial charge is 0.388 e. The first-order valence-electron chi connectivity index (χ1n) is 8.00. The van der Waals surface area contributed by atoms with Gasteiger partial charge in [0.15, 0.2) is 0 Å². The van der Waals surface area contributed by atoms with E-state index >= 15 is 0 Å². The molecule has 0 spiro atoms. The van der Waals surface area contributed by atoms with Crippen LogP contribution in [-0.2, 0) is 13.0 Å². The molecule has 0 bridgehead atoms. The standard InChI is InChI=1S/C20H23N3/c1-21-20(16-8-4-3-5-9-16)14-22-13-19-12-17-10-6-7-11-18(17)15-23(19)2/h3-11,14,19,22H,1,12-13,15H2,2H3/b20-14-. The number of hydrogen-bond donors (Lipinski definition) is 1. The smallest absolute Gasteiger partial charge is 0.0851 e. The molecular formula is C20H23N3. The van der Waals surface area contributed by atoms with Crippen molar-refractivity contribution in [1.29, 1.82) is 0 Å². The van der Waals surface area contributed by atoms with Crippen LogP contribution in [0.25, 0.3) is 5.70 Å². The van der Waals surface area contributed by atoms with Gasteiger partial charge in [0.1, 0.15) is 0 Å². The maximum atomic E-state index is 4.13. The summed E-state index contributed by atoms with van der Waals surface area (Å²) in [7, 11) is 2.19. The van der Waals surface area contributed by atoms with Gasteiger partial charge in [-0.15, -0.1) is 0 Å². The van der Waals surface area contributed by atoms with E-state index in [4.69, 9.17) is 0 Å². The van der Waals surface area contributed by atoms with E-state index in [2.05, 4.69) is 53.2 Å². The minimum atomic E-state index is 0.489. The molecule has 1 heterocycles. The number of nitrogens with one attached hydrogen (secondary N) is 1. The van der Waals surface area contributed by atoms with E-state index in [1.54, 1.807) is 0 Å². The van der Waals surface area contributed by atoms with Crippen LogP contribution in [0, 0.1) is 0 Å².